The van der Waals surface area contributed by atoms with Crippen molar-refractivity contribution in [2.45, 2.75) is 6.04 Å². The Morgan fingerprint density at radius 2 is 2.00 bits per heavy atom. The van der Waals surface area contributed by atoms with Gasteiger partial charge in [0.25, 0.3) is 0 Å². The molecule has 0 N–H and O–H groups in total. The van der Waals surface area contributed by atoms with Crippen molar-refractivity contribution in [1.29, 1.82) is 0 Å². The summed E-state index contributed by atoms with van der Waals surface area (Å²) < 4.78 is 19.9. The van der Waals surface area contributed by atoms with E-state index in [4.69, 9.17) is 14.2 Å². The van der Waals surface area contributed by atoms with Crippen molar-refractivity contribution in [2.75, 3.05) is 27.6 Å². The molecule has 0 spiro atoms. The number of esters is 2. The SMILES string of the molecule is COC(=O)/C=C(/C(=O)OC)N1CC1c1ccc2c(c1)OCO2. The summed E-state index contributed by atoms with van der Waals surface area (Å²) in [5.41, 5.74) is 1.15. The van der Waals surface area contributed by atoms with Crippen molar-refractivity contribution >= 4 is 11.9 Å². The van der Waals surface area contributed by atoms with Gasteiger partial charge in [0.1, 0.15) is 5.70 Å². The normalized spacial score (nSPS) is 18.9. The molecule has 7 heteroatoms. The minimum atomic E-state index is -0.600. The number of methoxy groups -OCH3 is 2. The number of carbonyl (C=O) groups excluding carboxylic acids is 2. The summed E-state index contributed by atoms with van der Waals surface area (Å²) in [4.78, 5) is 25.0. The fourth-order valence-electron chi connectivity index (χ4n) is 2.35. The lowest BCUT2D eigenvalue weighted by Crippen LogP contribution is -2.15. The first-order valence-electron chi connectivity index (χ1n) is 6.68. The Bertz CT molecular complexity index is 653. The highest BCUT2D eigenvalue weighted by molar-refractivity contribution is 5.96. The van der Waals surface area contributed by atoms with Gasteiger partial charge in [-0.05, 0) is 17.7 Å². The second-order valence-electron chi connectivity index (χ2n) is 4.83. The number of carbonyl (C=O) groups is 2. The van der Waals surface area contributed by atoms with E-state index in [0.29, 0.717) is 18.0 Å². The Kier molecular flexibility index (Phi) is 3.62. The van der Waals surface area contributed by atoms with E-state index in [1.54, 1.807) is 4.90 Å². The minimum absolute atomic E-state index is 0.00972. The molecule has 0 amide bonds. The molecule has 0 aromatic heterocycles. The lowest BCUT2D eigenvalue weighted by atomic mass is 10.1. The highest BCUT2D eigenvalue weighted by Crippen LogP contribution is 2.42. The maximum Gasteiger partial charge on any atom is 0.354 e. The summed E-state index contributed by atoms with van der Waals surface area (Å²) in [6.07, 6.45) is 1.14. The van der Waals surface area contributed by atoms with Crippen LogP contribution in [-0.4, -0.2) is 44.4 Å². The molecular weight excluding hydrogens is 290 g/mol. The molecule has 1 fully saturated rings. The first-order chi connectivity index (χ1) is 10.6. The summed E-state index contributed by atoms with van der Waals surface area (Å²) in [7, 11) is 2.53. The largest absolute Gasteiger partial charge is 0.466 e. The molecule has 1 aromatic carbocycles. The summed E-state index contributed by atoms with van der Waals surface area (Å²) in [5, 5.41) is 0. The summed E-state index contributed by atoms with van der Waals surface area (Å²) >= 11 is 0. The molecule has 0 aliphatic carbocycles. The maximum atomic E-state index is 11.8. The molecule has 1 aromatic rings. The second kappa shape index (κ2) is 5.59. The van der Waals surface area contributed by atoms with Crippen LogP contribution >= 0.6 is 0 Å². The van der Waals surface area contributed by atoms with Gasteiger partial charge < -0.3 is 23.8 Å². The van der Waals surface area contributed by atoms with Gasteiger partial charge in [-0.25, -0.2) is 9.59 Å². The average Bonchev–Trinajstić information content (AvgIpc) is 3.19. The number of fused-ring (bicyclic) bond motifs is 1. The van der Waals surface area contributed by atoms with Crippen molar-refractivity contribution in [3.63, 3.8) is 0 Å². The van der Waals surface area contributed by atoms with Crippen LogP contribution < -0.4 is 9.47 Å². The lowest BCUT2D eigenvalue weighted by molar-refractivity contribution is -0.139. The van der Waals surface area contributed by atoms with Crippen molar-refractivity contribution in [1.82, 2.24) is 4.90 Å². The first kappa shape index (κ1) is 14.2. The average molecular weight is 305 g/mol. The Balaban J connectivity index is 1.80. The molecule has 0 bridgehead atoms. The molecular formula is C15H15NO6. The molecule has 2 heterocycles. The molecule has 7 nitrogen and oxygen atoms in total. The molecule has 0 radical (unpaired) electrons. The standard InChI is InChI=1S/C15H15NO6/c1-19-14(17)6-10(15(18)20-2)16-7-11(16)9-3-4-12-13(5-9)22-8-21-12/h3-6,11H,7-8H2,1-2H3/b10-6-. The number of hydrogen-bond donors (Lipinski definition) is 0. The number of ether oxygens (including phenoxy) is 4. The molecule has 1 atom stereocenters. The molecule has 1 unspecified atom stereocenters. The van der Waals surface area contributed by atoms with Crippen LogP contribution in [0.5, 0.6) is 11.5 Å². The second-order valence-corrected chi connectivity index (χ2v) is 4.83. The van der Waals surface area contributed by atoms with Crippen LogP contribution in [0.3, 0.4) is 0 Å². The van der Waals surface area contributed by atoms with E-state index in [1.807, 2.05) is 18.2 Å². The fourth-order valence-corrected chi connectivity index (χ4v) is 2.35. The third-order valence-electron chi connectivity index (χ3n) is 3.55. The van der Waals surface area contributed by atoms with E-state index in [-0.39, 0.29) is 18.5 Å². The third kappa shape index (κ3) is 2.57. The number of rotatable bonds is 4. The van der Waals surface area contributed by atoms with Gasteiger partial charge >= 0.3 is 11.9 Å². The van der Waals surface area contributed by atoms with E-state index < -0.39 is 11.9 Å². The van der Waals surface area contributed by atoms with Gasteiger partial charge in [0.05, 0.1) is 26.3 Å². The smallest absolute Gasteiger partial charge is 0.354 e. The van der Waals surface area contributed by atoms with Gasteiger partial charge in [0.15, 0.2) is 11.5 Å². The quantitative estimate of drug-likeness (QED) is 0.467. The van der Waals surface area contributed by atoms with Crippen LogP contribution in [0.2, 0.25) is 0 Å². The van der Waals surface area contributed by atoms with E-state index in [9.17, 15) is 9.59 Å². The van der Waals surface area contributed by atoms with Crippen LogP contribution in [0, 0.1) is 0 Å². The van der Waals surface area contributed by atoms with Gasteiger partial charge in [-0.15, -0.1) is 0 Å². The predicted octanol–water partition coefficient (Wildman–Crippen LogP) is 1.00. The van der Waals surface area contributed by atoms with Gasteiger partial charge in [-0.1, -0.05) is 6.07 Å². The molecule has 22 heavy (non-hydrogen) atoms. The van der Waals surface area contributed by atoms with Crippen LogP contribution in [0.4, 0.5) is 0 Å². The molecule has 0 saturated carbocycles. The van der Waals surface area contributed by atoms with E-state index in [0.717, 1.165) is 11.6 Å². The van der Waals surface area contributed by atoms with Crippen molar-refractivity contribution < 1.29 is 28.5 Å². The molecule has 2 aliphatic rings. The monoisotopic (exact) mass is 305 g/mol. The topological polar surface area (TPSA) is 74.1 Å². The van der Waals surface area contributed by atoms with E-state index in [2.05, 4.69) is 4.74 Å². The van der Waals surface area contributed by atoms with Crippen LogP contribution in [0.1, 0.15) is 11.6 Å². The zero-order chi connectivity index (χ0) is 15.7. The summed E-state index contributed by atoms with van der Waals surface area (Å²) in [6.45, 7) is 0.820. The van der Waals surface area contributed by atoms with Crippen LogP contribution in [-0.2, 0) is 19.1 Å². The van der Waals surface area contributed by atoms with Gasteiger partial charge in [0, 0.05) is 6.54 Å². The van der Waals surface area contributed by atoms with Gasteiger partial charge in [-0.3, -0.25) is 0 Å². The molecule has 2 aliphatic heterocycles. The molecule has 3 rings (SSSR count). The van der Waals surface area contributed by atoms with Crippen molar-refractivity contribution in [3.05, 3.63) is 35.5 Å². The number of nitrogens with zero attached hydrogens (tertiary/aromatic N) is 1. The first-order valence-corrected chi connectivity index (χ1v) is 6.68. The zero-order valence-corrected chi connectivity index (χ0v) is 12.2. The van der Waals surface area contributed by atoms with Crippen molar-refractivity contribution in [3.8, 4) is 11.5 Å². The summed E-state index contributed by atoms with van der Waals surface area (Å²) in [5.74, 6) is 0.209. The summed E-state index contributed by atoms with van der Waals surface area (Å²) in [6, 6.07) is 5.60. The molecule has 1 saturated heterocycles. The lowest BCUT2D eigenvalue weighted by Gasteiger charge is -2.09. The third-order valence-corrected chi connectivity index (χ3v) is 3.55. The van der Waals surface area contributed by atoms with Gasteiger partial charge in [-0.2, -0.15) is 0 Å². The van der Waals surface area contributed by atoms with Crippen molar-refractivity contribution in [2.24, 2.45) is 0 Å². The van der Waals surface area contributed by atoms with Crippen LogP contribution in [0.25, 0.3) is 0 Å². The number of benzene rings is 1. The highest BCUT2D eigenvalue weighted by Gasteiger charge is 2.41. The molecule has 116 valence electrons. The Hall–Kier alpha value is -2.70. The van der Waals surface area contributed by atoms with E-state index >= 15 is 0 Å². The van der Waals surface area contributed by atoms with Crippen LogP contribution in [0.15, 0.2) is 30.0 Å². The highest BCUT2D eigenvalue weighted by atomic mass is 16.7. The zero-order valence-electron chi connectivity index (χ0n) is 12.2. The maximum absolute atomic E-state index is 11.8. The predicted molar refractivity (Wildman–Crippen MR) is 74.1 cm³/mol. The minimum Gasteiger partial charge on any atom is -0.466 e. The van der Waals surface area contributed by atoms with E-state index in [1.165, 1.54) is 14.2 Å². The Morgan fingerprint density at radius 1 is 1.23 bits per heavy atom. The van der Waals surface area contributed by atoms with Gasteiger partial charge in [0.2, 0.25) is 6.79 Å². The number of hydrogen-bond acceptors (Lipinski definition) is 7. The fraction of sp³-hybridized carbons (Fsp3) is 0.333. The Labute approximate surface area is 127 Å². The Morgan fingerprint density at radius 3 is 2.73 bits per heavy atom.